The van der Waals surface area contributed by atoms with Gasteiger partial charge in [0, 0.05) is 11.1 Å². The van der Waals surface area contributed by atoms with Crippen molar-refractivity contribution in [2.75, 3.05) is 0 Å². The highest BCUT2D eigenvalue weighted by Gasteiger charge is 2.08. The highest BCUT2D eigenvalue weighted by atomic mass is 35.5. The van der Waals surface area contributed by atoms with Crippen molar-refractivity contribution < 1.29 is 0 Å². The molecule has 0 heterocycles. The SMILES string of the molecule is CC(C#N)NC(C)c1cccc(Cl)c1. The number of halogens is 1. The minimum Gasteiger partial charge on any atom is -0.296 e. The second kappa shape index (κ2) is 4.99. The molecule has 74 valence electrons. The predicted molar refractivity (Wildman–Crippen MR) is 58.1 cm³/mol. The van der Waals surface area contributed by atoms with E-state index in [1.807, 2.05) is 38.1 Å². The molecule has 2 atom stereocenters. The van der Waals surface area contributed by atoms with Crippen molar-refractivity contribution in [2.24, 2.45) is 0 Å². The third-order valence-corrected chi connectivity index (χ3v) is 2.28. The minimum atomic E-state index is -0.149. The number of hydrogen-bond acceptors (Lipinski definition) is 2. The number of rotatable bonds is 3. The van der Waals surface area contributed by atoms with Crippen molar-refractivity contribution in [3.8, 4) is 6.07 Å². The topological polar surface area (TPSA) is 35.8 Å². The van der Waals surface area contributed by atoms with Crippen molar-refractivity contribution in [1.82, 2.24) is 5.32 Å². The van der Waals surface area contributed by atoms with Gasteiger partial charge in [0.25, 0.3) is 0 Å². The van der Waals surface area contributed by atoms with Gasteiger partial charge in [-0.2, -0.15) is 5.26 Å². The van der Waals surface area contributed by atoms with E-state index >= 15 is 0 Å². The molecule has 0 amide bonds. The van der Waals surface area contributed by atoms with Gasteiger partial charge in [-0.05, 0) is 31.5 Å². The van der Waals surface area contributed by atoms with Gasteiger partial charge in [-0.15, -0.1) is 0 Å². The summed E-state index contributed by atoms with van der Waals surface area (Å²) < 4.78 is 0. The maximum absolute atomic E-state index is 8.65. The monoisotopic (exact) mass is 208 g/mol. The van der Waals surface area contributed by atoms with E-state index < -0.39 is 0 Å². The molecule has 0 bridgehead atoms. The highest BCUT2D eigenvalue weighted by molar-refractivity contribution is 6.30. The summed E-state index contributed by atoms with van der Waals surface area (Å²) in [5, 5.41) is 12.5. The average Bonchev–Trinajstić information content (AvgIpc) is 2.17. The molecule has 0 spiro atoms. The van der Waals surface area contributed by atoms with Gasteiger partial charge in [0.2, 0.25) is 0 Å². The van der Waals surface area contributed by atoms with E-state index in [4.69, 9.17) is 16.9 Å². The quantitative estimate of drug-likeness (QED) is 0.829. The van der Waals surface area contributed by atoms with Gasteiger partial charge in [-0.1, -0.05) is 23.7 Å². The molecule has 0 fully saturated rings. The smallest absolute Gasteiger partial charge is 0.0929 e. The van der Waals surface area contributed by atoms with Crippen LogP contribution in [0.4, 0.5) is 0 Å². The van der Waals surface area contributed by atoms with Crippen molar-refractivity contribution in [3.63, 3.8) is 0 Å². The Balaban J connectivity index is 2.70. The summed E-state index contributed by atoms with van der Waals surface area (Å²) in [6.07, 6.45) is 0. The van der Waals surface area contributed by atoms with Gasteiger partial charge in [0.1, 0.15) is 0 Å². The van der Waals surface area contributed by atoms with Crippen LogP contribution in [0.1, 0.15) is 25.5 Å². The molecule has 2 unspecified atom stereocenters. The first-order valence-corrected chi connectivity index (χ1v) is 4.92. The van der Waals surface area contributed by atoms with Crippen LogP contribution in [0.5, 0.6) is 0 Å². The first-order valence-electron chi connectivity index (χ1n) is 4.54. The fourth-order valence-corrected chi connectivity index (χ4v) is 1.48. The standard InChI is InChI=1S/C11H13ClN2/c1-8(7-13)14-9(2)10-4-3-5-11(12)6-10/h3-6,8-9,14H,1-2H3. The van der Waals surface area contributed by atoms with Crippen LogP contribution in [-0.2, 0) is 0 Å². The predicted octanol–water partition coefficient (Wildman–Crippen LogP) is 2.90. The second-order valence-corrected chi connectivity index (χ2v) is 3.73. The molecule has 3 heteroatoms. The number of nitriles is 1. The van der Waals surface area contributed by atoms with Crippen LogP contribution >= 0.6 is 11.6 Å². The Labute approximate surface area is 89.5 Å². The Morgan fingerprint density at radius 3 is 2.71 bits per heavy atom. The summed E-state index contributed by atoms with van der Waals surface area (Å²) in [5.41, 5.74) is 1.10. The summed E-state index contributed by atoms with van der Waals surface area (Å²) in [5.74, 6) is 0. The van der Waals surface area contributed by atoms with Crippen LogP contribution in [0.2, 0.25) is 5.02 Å². The van der Waals surface area contributed by atoms with Crippen molar-refractivity contribution in [1.29, 1.82) is 5.26 Å². The average molecular weight is 209 g/mol. The van der Waals surface area contributed by atoms with E-state index in [9.17, 15) is 0 Å². The maximum atomic E-state index is 8.65. The summed E-state index contributed by atoms with van der Waals surface area (Å²) in [6, 6.07) is 9.78. The molecule has 0 aliphatic carbocycles. The van der Waals surface area contributed by atoms with E-state index in [0.29, 0.717) is 0 Å². The second-order valence-electron chi connectivity index (χ2n) is 3.29. The zero-order chi connectivity index (χ0) is 10.6. The van der Waals surface area contributed by atoms with Gasteiger partial charge in [0.15, 0.2) is 0 Å². The van der Waals surface area contributed by atoms with E-state index in [1.54, 1.807) is 0 Å². The zero-order valence-corrected chi connectivity index (χ0v) is 9.05. The Kier molecular flexibility index (Phi) is 3.94. The molecule has 0 saturated carbocycles. The Bertz CT molecular complexity index is 343. The number of hydrogen-bond donors (Lipinski definition) is 1. The lowest BCUT2D eigenvalue weighted by Gasteiger charge is -2.15. The van der Waals surface area contributed by atoms with Gasteiger partial charge in [-0.3, -0.25) is 5.32 Å². The number of nitrogens with one attached hydrogen (secondary N) is 1. The Morgan fingerprint density at radius 2 is 2.14 bits per heavy atom. The third kappa shape index (κ3) is 3.02. The van der Waals surface area contributed by atoms with Crippen molar-refractivity contribution >= 4 is 11.6 Å². The van der Waals surface area contributed by atoms with Crippen molar-refractivity contribution in [2.45, 2.75) is 25.9 Å². The van der Waals surface area contributed by atoms with Crippen LogP contribution in [0.25, 0.3) is 0 Å². The van der Waals surface area contributed by atoms with E-state index in [-0.39, 0.29) is 12.1 Å². The Hall–Kier alpha value is -1.04. The molecule has 1 N–H and O–H groups in total. The fraction of sp³-hybridized carbons (Fsp3) is 0.364. The fourth-order valence-electron chi connectivity index (χ4n) is 1.28. The third-order valence-electron chi connectivity index (χ3n) is 2.04. The van der Waals surface area contributed by atoms with E-state index in [1.165, 1.54) is 0 Å². The molecule has 1 rings (SSSR count). The number of benzene rings is 1. The molecule has 0 aliphatic heterocycles. The summed E-state index contributed by atoms with van der Waals surface area (Å²) >= 11 is 5.87. The molecule has 2 nitrogen and oxygen atoms in total. The van der Waals surface area contributed by atoms with E-state index in [2.05, 4.69) is 11.4 Å². The van der Waals surface area contributed by atoms with Crippen molar-refractivity contribution in [3.05, 3.63) is 34.9 Å². The molecule has 1 aromatic rings. The van der Waals surface area contributed by atoms with Gasteiger partial charge >= 0.3 is 0 Å². The van der Waals surface area contributed by atoms with Gasteiger partial charge in [-0.25, -0.2) is 0 Å². The van der Waals surface area contributed by atoms with Gasteiger partial charge < -0.3 is 0 Å². The molecule has 0 aliphatic rings. The lowest BCUT2D eigenvalue weighted by atomic mass is 10.1. The molecule has 0 saturated heterocycles. The maximum Gasteiger partial charge on any atom is 0.0929 e. The summed E-state index contributed by atoms with van der Waals surface area (Å²) in [4.78, 5) is 0. The van der Waals surface area contributed by atoms with Crippen LogP contribution < -0.4 is 5.32 Å². The van der Waals surface area contributed by atoms with Gasteiger partial charge in [0.05, 0.1) is 12.1 Å². The highest BCUT2D eigenvalue weighted by Crippen LogP contribution is 2.17. The minimum absolute atomic E-state index is 0.142. The first-order chi connectivity index (χ1) is 6.63. The Morgan fingerprint density at radius 1 is 1.43 bits per heavy atom. The summed E-state index contributed by atoms with van der Waals surface area (Å²) in [6.45, 7) is 3.85. The molecule has 0 aromatic heterocycles. The lowest BCUT2D eigenvalue weighted by Crippen LogP contribution is -2.27. The molecule has 0 radical (unpaired) electrons. The number of nitrogens with zero attached hydrogens (tertiary/aromatic N) is 1. The van der Waals surface area contributed by atoms with Crippen LogP contribution in [0.15, 0.2) is 24.3 Å². The largest absolute Gasteiger partial charge is 0.296 e. The first kappa shape index (κ1) is 11.0. The van der Waals surface area contributed by atoms with Crippen LogP contribution in [-0.4, -0.2) is 6.04 Å². The molecular weight excluding hydrogens is 196 g/mol. The van der Waals surface area contributed by atoms with Crippen LogP contribution in [0, 0.1) is 11.3 Å². The molecular formula is C11H13ClN2. The lowest BCUT2D eigenvalue weighted by molar-refractivity contribution is 0.543. The van der Waals surface area contributed by atoms with E-state index in [0.717, 1.165) is 10.6 Å². The normalized spacial score (nSPS) is 14.4. The molecule has 14 heavy (non-hydrogen) atoms. The molecule has 1 aromatic carbocycles. The van der Waals surface area contributed by atoms with Crippen LogP contribution in [0.3, 0.4) is 0 Å². The summed E-state index contributed by atoms with van der Waals surface area (Å²) in [7, 11) is 0. The zero-order valence-electron chi connectivity index (χ0n) is 8.29.